The number of fused-ring (bicyclic) bond motifs is 2. The summed E-state index contributed by atoms with van der Waals surface area (Å²) in [5.41, 5.74) is 6.02. The molecule has 0 amide bonds. The molecule has 0 bridgehead atoms. The Labute approximate surface area is 154 Å². The molecule has 0 atom stereocenters. The lowest BCUT2D eigenvalue weighted by Crippen LogP contribution is -2.47. The van der Waals surface area contributed by atoms with E-state index >= 15 is 0 Å². The van der Waals surface area contributed by atoms with Gasteiger partial charge in [0.15, 0.2) is 0 Å². The molecule has 0 saturated carbocycles. The van der Waals surface area contributed by atoms with Crippen molar-refractivity contribution in [3.63, 3.8) is 0 Å². The summed E-state index contributed by atoms with van der Waals surface area (Å²) in [5.74, 6) is 0. The number of hydrogen-bond donors (Lipinski definition) is 0. The Morgan fingerprint density at radius 1 is 0.692 bits per heavy atom. The normalized spacial score (nSPS) is 16.8. The third kappa shape index (κ3) is 2.08. The predicted octanol–water partition coefficient (Wildman–Crippen LogP) is 4.81. The molecule has 0 unspecified atom stereocenters. The second kappa shape index (κ2) is 5.99. The van der Waals surface area contributed by atoms with Crippen LogP contribution in [0.15, 0.2) is 83.9 Å². The fourth-order valence-corrected chi connectivity index (χ4v) is 4.37. The first-order valence-electron chi connectivity index (χ1n) is 9.10. The van der Waals surface area contributed by atoms with E-state index in [0.29, 0.717) is 0 Å². The molecule has 0 radical (unpaired) electrons. The van der Waals surface area contributed by atoms with Gasteiger partial charge in [-0.05, 0) is 27.8 Å². The van der Waals surface area contributed by atoms with Crippen molar-refractivity contribution in [3.8, 4) is 0 Å². The van der Waals surface area contributed by atoms with Gasteiger partial charge in [0.25, 0.3) is 0 Å². The van der Waals surface area contributed by atoms with Crippen molar-refractivity contribution in [3.05, 3.63) is 107 Å². The Kier molecular flexibility index (Phi) is 3.49. The second-order valence-corrected chi connectivity index (χ2v) is 6.80. The van der Waals surface area contributed by atoms with Crippen LogP contribution in [0, 0.1) is 0 Å². The van der Waals surface area contributed by atoms with Crippen molar-refractivity contribution in [1.82, 2.24) is 4.90 Å². The molecular formula is C24H20N2. The van der Waals surface area contributed by atoms with Crippen LogP contribution >= 0.6 is 0 Å². The average molecular weight is 336 g/mol. The summed E-state index contributed by atoms with van der Waals surface area (Å²) in [4.78, 5) is 6.98. The van der Waals surface area contributed by atoms with Crippen LogP contribution in [0.1, 0.15) is 27.8 Å². The van der Waals surface area contributed by atoms with Crippen molar-refractivity contribution < 1.29 is 0 Å². The molecule has 0 N–H and O–H groups in total. The van der Waals surface area contributed by atoms with E-state index in [1.807, 2.05) is 6.34 Å². The molecule has 2 nitrogen and oxygen atoms in total. The number of hydrogen-bond acceptors (Lipinski definition) is 2. The van der Waals surface area contributed by atoms with Crippen LogP contribution < -0.4 is 0 Å². The van der Waals surface area contributed by atoms with Gasteiger partial charge in [-0.3, -0.25) is 4.99 Å². The maximum Gasteiger partial charge on any atom is 0.118 e. The van der Waals surface area contributed by atoms with Crippen LogP contribution in [0.5, 0.6) is 0 Å². The molecule has 0 saturated heterocycles. The van der Waals surface area contributed by atoms with Gasteiger partial charge in [-0.1, -0.05) is 91.0 Å². The maximum absolute atomic E-state index is 4.57. The van der Waals surface area contributed by atoms with Crippen molar-refractivity contribution in [2.45, 2.75) is 5.54 Å². The van der Waals surface area contributed by atoms with E-state index in [0.717, 1.165) is 13.1 Å². The molecule has 3 aromatic carbocycles. The zero-order valence-corrected chi connectivity index (χ0v) is 14.5. The minimum Gasteiger partial charge on any atom is -0.343 e. The molecule has 5 rings (SSSR count). The molecule has 1 heterocycles. The highest BCUT2D eigenvalue weighted by atomic mass is 15.3. The molecule has 2 aliphatic rings. The minimum atomic E-state index is -0.377. The van der Waals surface area contributed by atoms with Crippen molar-refractivity contribution in [2.24, 2.45) is 4.99 Å². The summed E-state index contributed by atoms with van der Waals surface area (Å²) in [6, 6.07) is 28.3. The molecule has 3 aromatic rings. The lowest BCUT2D eigenvalue weighted by Gasteiger charge is -2.44. The highest BCUT2D eigenvalue weighted by molar-refractivity contribution is 5.80. The Morgan fingerprint density at radius 3 is 1.85 bits per heavy atom. The van der Waals surface area contributed by atoms with Crippen LogP contribution in [0.25, 0.3) is 12.2 Å². The van der Waals surface area contributed by atoms with Gasteiger partial charge in [-0.2, -0.15) is 0 Å². The third-order valence-electron chi connectivity index (χ3n) is 5.46. The first-order chi connectivity index (χ1) is 12.9. The fraction of sp³-hybridized carbons (Fsp3) is 0.125. The van der Waals surface area contributed by atoms with E-state index in [4.69, 9.17) is 0 Å². The van der Waals surface area contributed by atoms with Crippen molar-refractivity contribution in [1.29, 1.82) is 0 Å². The Balaban J connectivity index is 1.94. The quantitative estimate of drug-likeness (QED) is 0.656. The van der Waals surface area contributed by atoms with Crippen LogP contribution in [-0.4, -0.2) is 24.3 Å². The second-order valence-electron chi connectivity index (χ2n) is 6.80. The largest absolute Gasteiger partial charge is 0.343 e. The van der Waals surface area contributed by atoms with Gasteiger partial charge in [0, 0.05) is 6.54 Å². The van der Waals surface area contributed by atoms with E-state index < -0.39 is 0 Å². The zero-order chi connectivity index (χ0) is 17.4. The molecule has 26 heavy (non-hydrogen) atoms. The SMILES string of the molecule is C1=Cc2ccccc2C(c2ccccc2)(N2C=NCC2)c2ccccc21. The summed E-state index contributed by atoms with van der Waals surface area (Å²) < 4.78 is 0. The van der Waals surface area contributed by atoms with Gasteiger partial charge in [-0.25, -0.2) is 0 Å². The van der Waals surface area contributed by atoms with Crippen LogP contribution in [0.2, 0.25) is 0 Å². The van der Waals surface area contributed by atoms with E-state index in [2.05, 4.69) is 101 Å². The Bertz CT molecular complexity index is 952. The molecule has 2 heteroatoms. The first kappa shape index (κ1) is 15.2. The monoisotopic (exact) mass is 336 g/mol. The number of benzene rings is 3. The highest BCUT2D eigenvalue weighted by Gasteiger charge is 2.44. The standard InChI is InChI=1S/C24H20N2/c1-2-10-21(11-3-1)24(26-17-16-25-18-26)22-12-6-4-8-19(22)14-15-20-9-5-7-13-23(20)24/h1-15,18H,16-17H2. The molecule has 1 aliphatic heterocycles. The van der Waals surface area contributed by atoms with Crippen molar-refractivity contribution >= 4 is 18.5 Å². The van der Waals surface area contributed by atoms with E-state index in [1.54, 1.807) is 0 Å². The first-order valence-corrected chi connectivity index (χ1v) is 9.10. The zero-order valence-electron chi connectivity index (χ0n) is 14.5. The topological polar surface area (TPSA) is 15.6 Å². The van der Waals surface area contributed by atoms with E-state index in [9.17, 15) is 0 Å². The smallest absolute Gasteiger partial charge is 0.118 e. The summed E-state index contributed by atoms with van der Waals surface area (Å²) in [6.07, 6.45) is 6.52. The summed E-state index contributed by atoms with van der Waals surface area (Å²) in [5, 5.41) is 0. The molecule has 0 fully saturated rings. The molecule has 1 aliphatic carbocycles. The van der Waals surface area contributed by atoms with Gasteiger partial charge in [0.1, 0.15) is 5.54 Å². The predicted molar refractivity (Wildman–Crippen MR) is 108 cm³/mol. The number of aliphatic imine (C=N–C) groups is 1. The molecule has 0 spiro atoms. The van der Waals surface area contributed by atoms with Gasteiger partial charge < -0.3 is 4.90 Å². The summed E-state index contributed by atoms with van der Waals surface area (Å²) in [6.45, 7) is 1.75. The maximum atomic E-state index is 4.57. The lowest BCUT2D eigenvalue weighted by atomic mass is 9.73. The van der Waals surface area contributed by atoms with E-state index in [1.165, 1.54) is 27.8 Å². The fourth-order valence-electron chi connectivity index (χ4n) is 4.37. The summed E-state index contributed by atoms with van der Waals surface area (Å²) in [7, 11) is 0. The van der Waals surface area contributed by atoms with Crippen molar-refractivity contribution in [2.75, 3.05) is 13.1 Å². The van der Waals surface area contributed by atoms with Gasteiger partial charge in [-0.15, -0.1) is 0 Å². The third-order valence-corrected chi connectivity index (χ3v) is 5.46. The molecule has 126 valence electrons. The van der Waals surface area contributed by atoms with Gasteiger partial charge >= 0.3 is 0 Å². The van der Waals surface area contributed by atoms with Crippen LogP contribution in [-0.2, 0) is 5.54 Å². The van der Waals surface area contributed by atoms with Gasteiger partial charge in [0.2, 0.25) is 0 Å². The highest BCUT2D eigenvalue weighted by Crippen LogP contribution is 2.47. The number of nitrogens with zero attached hydrogens (tertiary/aromatic N) is 2. The lowest BCUT2D eigenvalue weighted by molar-refractivity contribution is 0.295. The Morgan fingerprint density at radius 2 is 1.27 bits per heavy atom. The average Bonchev–Trinajstić information content (AvgIpc) is 3.20. The molecule has 0 aromatic heterocycles. The van der Waals surface area contributed by atoms with Crippen LogP contribution in [0.4, 0.5) is 0 Å². The number of rotatable bonds is 2. The van der Waals surface area contributed by atoms with Crippen LogP contribution in [0.3, 0.4) is 0 Å². The summed E-state index contributed by atoms with van der Waals surface area (Å²) >= 11 is 0. The minimum absolute atomic E-state index is 0.377. The molecular weight excluding hydrogens is 316 g/mol. The van der Waals surface area contributed by atoms with Gasteiger partial charge in [0.05, 0.1) is 12.9 Å². The van der Waals surface area contributed by atoms with E-state index in [-0.39, 0.29) is 5.54 Å². The Hall–Kier alpha value is -3.13.